The molecule has 0 radical (unpaired) electrons. The van der Waals surface area contributed by atoms with E-state index in [9.17, 15) is 19.2 Å². The standard InChI is InChI=1S/C29H28N4O4/c1-18(2)20-6-5-7-23(14-20)32-16-21(15-27(32)35)28(36)30-22-12-10-19(11-13-22)29(37)33-17-26(34)31-24-8-3-4-9-25(24)33/h3-14,18,21H,15-17H2,1-2H3,(H,30,36)(H,31,34). The zero-order chi connectivity index (χ0) is 26.1. The van der Waals surface area contributed by atoms with E-state index < -0.39 is 5.92 Å². The van der Waals surface area contributed by atoms with Crippen LogP contribution in [0.4, 0.5) is 22.7 Å². The van der Waals surface area contributed by atoms with Gasteiger partial charge in [-0.1, -0.05) is 38.1 Å². The van der Waals surface area contributed by atoms with Gasteiger partial charge in [0.1, 0.15) is 6.54 Å². The number of nitrogens with zero attached hydrogens (tertiary/aromatic N) is 2. The van der Waals surface area contributed by atoms with Crippen molar-refractivity contribution in [1.29, 1.82) is 0 Å². The summed E-state index contributed by atoms with van der Waals surface area (Å²) in [5.41, 5.74) is 4.11. The Morgan fingerprint density at radius 2 is 1.73 bits per heavy atom. The topological polar surface area (TPSA) is 98.8 Å². The number of amides is 4. The molecule has 8 nitrogen and oxygen atoms in total. The summed E-state index contributed by atoms with van der Waals surface area (Å²) in [6.45, 7) is 4.45. The van der Waals surface area contributed by atoms with E-state index in [-0.39, 0.29) is 36.6 Å². The molecule has 0 spiro atoms. The van der Waals surface area contributed by atoms with Crippen LogP contribution in [0.3, 0.4) is 0 Å². The molecular formula is C29H28N4O4. The van der Waals surface area contributed by atoms with Gasteiger partial charge in [-0.15, -0.1) is 0 Å². The third kappa shape index (κ3) is 4.95. The van der Waals surface area contributed by atoms with Crippen LogP contribution in [0.2, 0.25) is 0 Å². The molecule has 3 aromatic rings. The van der Waals surface area contributed by atoms with Crippen molar-refractivity contribution < 1.29 is 19.2 Å². The summed E-state index contributed by atoms with van der Waals surface area (Å²) in [5, 5.41) is 5.64. The Morgan fingerprint density at radius 1 is 0.973 bits per heavy atom. The maximum absolute atomic E-state index is 13.1. The van der Waals surface area contributed by atoms with Crippen molar-refractivity contribution in [3.05, 3.63) is 83.9 Å². The van der Waals surface area contributed by atoms with Gasteiger partial charge in [0, 0.05) is 29.9 Å². The first-order valence-corrected chi connectivity index (χ1v) is 12.3. The predicted molar refractivity (Wildman–Crippen MR) is 143 cm³/mol. The van der Waals surface area contributed by atoms with Gasteiger partial charge in [-0.25, -0.2) is 0 Å². The number of benzene rings is 3. The molecule has 0 aromatic heterocycles. The smallest absolute Gasteiger partial charge is 0.258 e. The number of nitrogens with one attached hydrogen (secondary N) is 2. The Morgan fingerprint density at radius 3 is 2.49 bits per heavy atom. The normalized spacial score (nSPS) is 17.0. The van der Waals surface area contributed by atoms with Crippen LogP contribution in [0, 0.1) is 5.92 Å². The van der Waals surface area contributed by atoms with E-state index in [1.807, 2.05) is 30.3 Å². The van der Waals surface area contributed by atoms with Gasteiger partial charge in [0.05, 0.1) is 17.3 Å². The minimum absolute atomic E-state index is 0.0688. The van der Waals surface area contributed by atoms with Gasteiger partial charge in [-0.05, 0) is 60.0 Å². The van der Waals surface area contributed by atoms with Crippen LogP contribution in [0.1, 0.15) is 42.1 Å². The Bertz CT molecular complexity index is 1380. The van der Waals surface area contributed by atoms with Crippen LogP contribution >= 0.6 is 0 Å². The van der Waals surface area contributed by atoms with E-state index in [1.54, 1.807) is 47.4 Å². The molecular weight excluding hydrogens is 468 g/mol. The Kier molecular flexibility index (Phi) is 6.48. The highest BCUT2D eigenvalue weighted by Crippen LogP contribution is 2.31. The molecule has 2 aliphatic heterocycles. The van der Waals surface area contributed by atoms with Gasteiger partial charge < -0.3 is 15.5 Å². The fourth-order valence-electron chi connectivity index (χ4n) is 4.70. The van der Waals surface area contributed by atoms with Crippen LogP contribution in [0.25, 0.3) is 0 Å². The molecule has 0 aliphatic carbocycles. The second-order valence-corrected chi connectivity index (χ2v) is 9.68. The predicted octanol–water partition coefficient (Wildman–Crippen LogP) is 4.40. The molecule has 2 aliphatic rings. The van der Waals surface area contributed by atoms with Crippen LogP contribution in [-0.2, 0) is 14.4 Å². The number of fused-ring (bicyclic) bond motifs is 1. The molecule has 5 rings (SSSR count). The lowest BCUT2D eigenvalue weighted by Gasteiger charge is -2.29. The monoisotopic (exact) mass is 496 g/mol. The van der Waals surface area contributed by atoms with E-state index in [1.165, 1.54) is 4.90 Å². The largest absolute Gasteiger partial charge is 0.326 e. The molecule has 2 N–H and O–H groups in total. The van der Waals surface area contributed by atoms with Crippen molar-refractivity contribution >= 4 is 46.4 Å². The van der Waals surface area contributed by atoms with Crippen molar-refractivity contribution in [3.8, 4) is 0 Å². The van der Waals surface area contributed by atoms with Gasteiger partial charge in [0.15, 0.2) is 0 Å². The van der Waals surface area contributed by atoms with Crippen molar-refractivity contribution in [3.63, 3.8) is 0 Å². The lowest BCUT2D eigenvalue weighted by Crippen LogP contribution is -2.42. The quantitative estimate of drug-likeness (QED) is 0.547. The minimum atomic E-state index is -0.472. The summed E-state index contributed by atoms with van der Waals surface area (Å²) in [5.74, 6) is -1.01. The molecule has 8 heteroatoms. The van der Waals surface area contributed by atoms with Crippen LogP contribution in [0.5, 0.6) is 0 Å². The summed E-state index contributed by atoms with van der Waals surface area (Å²) >= 11 is 0. The summed E-state index contributed by atoms with van der Waals surface area (Å²) in [7, 11) is 0. The second kappa shape index (κ2) is 9.89. The Labute approximate surface area is 215 Å². The fourth-order valence-corrected chi connectivity index (χ4v) is 4.70. The molecule has 0 saturated carbocycles. The lowest BCUT2D eigenvalue weighted by molar-refractivity contribution is -0.122. The summed E-state index contributed by atoms with van der Waals surface area (Å²) in [6, 6.07) is 21.6. The summed E-state index contributed by atoms with van der Waals surface area (Å²) < 4.78 is 0. The first-order chi connectivity index (χ1) is 17.8. The van der Waals surface area contributed by atoms with Crippen LogP contribution < -0.4 is 20.4 Å². The average molecular weight is 497 g/mol. The van der Waals surface area contributed by atoms with Crippen LogP contribution in [-0.4, -0.2) is 36.7 Å². The maximum atomic E-state index is 13.1. The first-order valence-electron chi connectivity index (χ1n) is 12.3. The average Bonchev–Trinajstić information content (AvgIpc) is 3.30. The molecule has 37 heavy (non-hydrogen) atoms. The van der Waals surface area contributed by atoms with Gasteiger partial charge in [-0.2, -0.15) is 0 Å². The van der Waals surface area contributed by atoms with E-state index in [4.69, 9.17) is 0 Å². The molecule has 1 atom stereocenters. The molecule has 2 heterocycles. The third-order valence-electron chi connectivity index (χ3n) is 6.76. The van der Waals surface area contributed by atoms with Crippen LogP contribution in [0.15, 0.2) is 72.8 Å². The Hall–Kier alpha value is -4.46. The zero-order valence-corrected chi connectivity index (χ0v) is 20.7. The first kappa shape index (κ1) is 24.2. The molecule has 4 amide bonds. The summed E-state index contributed by atoms with van der Waals surface area (Å²) in [6.07, 6.45) is 0.144. The van der Waals surface area contributed by atoms with E-state index in [0.29, 0.717) is 35.1 Å². The van der Waals surface area contributed by atoms with Gasteiger partial charge in [0.2, 0.25) is 17.7 Å². The SMILES string of the molecule is CC(C)c1cccc(N2CC(C(=O)Nc3ccc(C(=O)N4CC(=O)Nc5ccccc54)cc3)CC2=O)c1. The van der Waals surface area contributed by atoms with Crippen molar-refractivity contribution in [1.82, 2.24) is 0 Å². The highest BCUT2D eigenvalue weighted by molar-refractivity contribution is 6.15. The second-order valence-electron chi connectivity index (χ2n) is 9.68. The fraction of sp³-hybridized carbons (Fsp3) is 0.241. The van der Waals surface area contributed by atoms with E-state index >= 15 is 0 Å². The van der Waals surface area contributed by atoms with Crippen molar-refractivity contribution in [2.45, 2.75) is 26.2 Å². The van der Waals surface area contributed by atoms with Gasteiger partial charge in [0.25, 0.3) is 5.91 Å². The highest BCUT2D eigenvalue weighted by atomic mass is 16.2. The molecule has 3 aromatic carbocycles. The number of carbonyl (C=O) groups excluding carboxylic acids is 4. The maximum Gasteiger partial charge on any atom is 0.258 e. The Balaban J connectivity index is 1.24. The van der Waals surface area contributed by atoms with E-state index in [2.05, 4.69) is 24.5 Å². The number of para-hydroxylation sites is 2. The lowest BCUT2D eigenvalue weighted by atomic mass is 10.0. The number of hydrogen-bond donors (Lipinski definition) is 2. The molecule has 0 bridgehead atoms. The molecule has 188 valence electrons. The van der Waals surface area contributed by atoms with E-state index in [0.717, 1.165) is 11.3 Å². The number of anilines is 4. The summed E-state index contributed by atoms with van der Waals surface area (Å²) in [4.78, 5) is 53.9. The highest BCUT2D eigenvalue weighted by Gasteiger charge is 2.35. The molecule has 1 unspecified atom stereocenters. The number of hydrogen-bond acceptors (Lipinski definition) is 4. The number of carbonyl (C=O) groups is 4. The van der Waals surface area contributed by atoms with Crippen molar-refractivity contribution in [2.24, 2.45) is 5.92 Å². The van der Waals surface area contributed by atoms with Gasteiger partial charge in [-0.3, -0.25) is 24.1 Å². The molecule has 1 saturated heterocycles. The minimum Gasteiger partial charge on any atom is -0.326 e. The third-order valence-corrected chi connectivity index (χ3v) is 6.76. The zero-order valence-electron chi connectivity index (χ0n) is 20.7. The van der Waals surface area contributed by atoms with Gasteiger partial charge >= 0.3 is 0 Å². The van der Waals surface area contributed by atoms with Crippen molar-refractivity contribution in [2.75, 3.05) is 33.5 Å². The molecule has 1 fully saturated rings. The number of rotatable bonds is 5.